The maximum atomic E-state index is 13.3. The fourth-order valence-electron chi connectivity index (χ4n) is 2.97. The molecule has 0 saturated carbocycles. The quantitative estimate of drug-likeness (QED) is 0.766. The van der Waals surface area contributed by atoms with Crippen LogP contribution in [0.1, 0.15) is 19.4 Å². The van der Waals surface area contributed by atoms with Crippen LogP contribution in [0.25, 0.3) is 16.6 Å². The average molecular weight is 369 g/mol. The first-order chi connectivity index (χ1) is 12.8. The summed E-state index contributed by atoms with van der Waals surface area (Å²) in [7, 11) is 0. The number of fused-ring (bicyclic) bond motifs is 1. The number of rotatable bonds is 4. The summed E-state index contributed by atoms with van der Waals surface area (Å²) in [6.45, 7) is 5.25. The van der Waals surface area contributed by atoms with E-state index in [0.29, 0.717) is 10.9 Å². The van der Waals surface area contributed by atoms with Crippen LogP contribution in [0.4, 0.5) is 4.39 Å². The van der Waals surface area contributed by atoms with Crippen LogP contribution in [-0.4, -0.2) is 21.1 Å². The molecular weight excluding hydrogens is 349 g/mol. The molecule has 0 unspecified atom stereocenters. The van der Waals surface area contributed by atoms with E-state index in [1.807, 2.05) is 20.8 Å². The molecule has 0 aliphatic carbocycles. The average Bonchev–Trinajstić information content (AvgIpc) is 2.60. The Balaban J connectivity index is 2.30. The molecule has 0 radical (unpaired) electrons. The van der Waals surface area contributed by atoms with Crippen LogP contribution in [0.2, 0.25) is 0 Å². The number of aryl methyl sites for hydroxylation is 1. The smallest absolute Gasteiger partial charge is 0.336 e. The number of aromatic nitrogens is 2. The minimum atomic E-state index is -0.651. The number of hydrogen-bond acceptors (Lipinski definition) is 3. The lowest BCUT2D eigenvalue weighted by Crippen LogP contribution is -2.42. The zero-order chi connectivity index (χ0) is 19.7. The second-order valence-corrected chi connectivity index (χ2v) is 6.73. The van der Waals surface area contributed by atoms with Gasteiger partial charge in [-0.2, -0.15) is 0 Å². The number of amides is 1. The molecule has 0 atom stereocenters. The van der Waals surface area contributed by atoms with E-state index in [1.54, 1.807) is 18.2 Å². The molecule has 0 saturated heterocycles. The Kier molecular flexibility index (Phi) is 4.94. The molecule has 3 aromatic rings. The molecule has 1 amide bonds. The number of halogens is 1. The maximum Gasteiger partial charge on any atom is 0.336 e. The standard InChI is InChI=1S/C20H20FN3O3/c1-12(2)22-18(25)11-23-17-9-4-13(3)10-16(17)19(26)24(20(23)27)15-7-5-14(21)6-8-15/h4-10,12H,11H2,1-3H3,(H,22,25). The maximum absolute atomic E-state index is 13.3. The van der Waals surface area contributed by atoms with E-state index >= 15 is 0 Å². The SMILES string of the molecule is Cc1ccc2c(c1)c(=O)n(-c1ccc(F)cc1)c(=O)n2CC(=O)NC(C)C. The molecule has 6 nitrogen and oxygen atoms in total. The van der Waals surface area contributed by atoms with Gasteiger partial charge in [0.1, 0.15) is 12.4 Å². The largest absolute Gasteiger partial charge is 0.352 e. The van der Waals surface area contributed by atoms with Crippen molar-refractivity contribution in [1.29, 1.82) is 0 Å². The van der Waals surface area contributed by atoms with Gasteiger partial charge in [-0.25, -0.2) is 13.8 Å². The van der Waals surface area contributed by atoms with Crippen LogP contribution in [0.3, 0.4) is 0 Å². The van der Waals surface area contributed by atoms with E-state index in [-0.39, 0.29) is 24.2 Å². The van der Waals surface area contributed by atoms with Gasteiger partial charge in [-0.15, -0.1) is 0 Å². The van der Waals surface area contributed by atoms with Gasteiger partial charge in [0, 0.05) is 6.04 Å². The summed E-state index contributed by atoms with van der Waals surface area (Å²) in [4.78, 5) is 38.3. The van der Waals surface area contributed by atoms with Crippen molar-refractivity contribution in [2.45, 2.75) is 33.4 Å². The van der Waals surface area contributed by atoms with Crippen molar-refractivity contribution in [2.75, 3.05) is 0 Å². The Hall–Kier alpha value is -3.22. The van der Waals surface area contributed by atoms with Crippen LogP contribution in [0.5, 0.6) is 0 Å². The Morgan fingerprint density at radius 2 is 1.78 bits per heavy atom. The van der Waals surface area contributed by atoms with Crippen molar-refractivity contribution in [3.05, 3.63) is 74.7 Å². The van der Waals surface area contributed by atoms with Crippen LogP contribution in [0.15, 0.2) is 52.1 Å². The highest BCUT2D eigenvalue weighted by Gasteiger charge is 2.17. The first-order valence-electron chi connectivity index (χ1n) is 8.59. The van der Waals surface area contributed by atoms with E-state index in [4.69, 9.17) is 0 Å². The number of nitrogens with one attached hydrogen (secondary N) is 1. The van der Waals surface area contributed by atoms with Gasteiger partial charge in [0.25, 0.3) is 5.56 Å². The van der Waals surface area contributed by atoms with Crippen LogP contribution in [-0.2, 0) is 11.3 Å². The Labute approximate surface area is 154 Å². The summed E-state index contributed by atoms with van der Waals surface area (Å²) in [5, 5.41) is 3.06. The molecule has 2 aromatic carbocycles. The molecule has 27 heavy (non-hydrogen) atoms. The van der Waals surface area contributed by atoms with E-state index in [0.717, 1.165) is 10.1 Å². The third-order valence-corrected chi connectivity index (χ3v) is 4.13. The topological polar surface area (TPSA) is 73.1 Å². The molecular formula is C20H20FN3O3. The minimum Gasteiger partial charge on any atom is -0.352 e. The first kappa shape index (κ1) is 18.6. The zero-order valence-electron chi connectivity index (χ0n) is 15.3. The Morgan fingerprint density at radius 3 is 2.41 bits per heavy atom. The number of carbonyl (C=O) groups is 1. The van der Waals surface area contributed by atoms with Crippen molar-refractivity contribution in [3.8, 4) is 5.69 Å². The third kappa shape index (κ3) is 3.67. The monoisotopic (exact) mass is 369 g/mol. The summed E-state index contributed by atoms with van der Waals surface area (Å²) in [5.74, 6) is -0.807. The summed E-state index contributed by atoms with van der Waals surface area (Å²) >= 11 is 0. The van der Waals surface area contributed by atoms with Gasteiger partial charge in [-0.1, -0.05) is 11.6 Å². The predicted molar refractivity (Wildman–Crippen MR) is 102 cm³/mol. The Bertz CT molecular complexity index is 1130. The second-order valence-electron chi connectivity index (χ2n) is 6.73. The van der Waals surface area contributed by atoms with Gasteiger partial charge in [0.15, 0.2) is 0 Å². The molecule has 1 heterocycles. The van der Waals surface area contributed by atoms with Gasteiger partial charge >= 0.3 is 5.69 Å². The fourth-order valence-corrected chi connectivity index (χ4v) is 2.97. The summed E-state index contributed by atoms with van der Waals surface area (Å²) in [5.41, 5.74) is 0.315. The summed E-state index contributed by atoms with van der Waals surface area (Å²) < 4.78 is 15.5. The van der Waals surface area contributed by atoms with Gasteiger partial charge < -0.3 is 5.32 Å². The van der Waals surface area contributed by atoms with Crippen molar-refractivity contribution < 1.29 is 9.18 Å². The van der Waals surface area contributed by atoms with E-state index in [2.05, 4.69) is 5.32 Å². The van der Waals surface area contributed by atoms with Gasteiger partial charge in [-0.3, -0.25) is 14.2 Å². The molecule has 7 heteroatoms. The second kappa shape index (κ2) is 7.19. The van der Waals surface area contributed by atoms with Crippen LogP contribution in [0, 0.1) is 12.7 Å². The summed E-state index contributed by atoms with van der Waals surface area (Å²) in [6, 6.07) is 10.1. The molecule has 0 aliphatic heterocycles. The molecule has 0 aliphatic rings. The molecule has 0 spiro atoms. The fraction of sp³-hybridized carbons (Fsp3) is 0.250. The molecule has 0 bridgehead atoms. The normalized spacial score (nSPS) is 11.1. The molecule has 0 fully saturated rings. The van der Waals surface area contributed by atoms with Crippen molar-refractivity contribution in [1.82, 2.24) is 14.5 Å². The van der Waals surface area contributed by atoms with Gasteiger partial charge in [0.05, 0.1) is 16.6 Å². The molecule has 140 valence electrons. The number of benzene rings is 2. The Morgan fingerprint density at radius 1 is 1.11 bits per heavy atom. The molecule has 1 N–H and O–H groups in total. The zero-order valence-corrected chi connectivity index (χ0v) is 15.3. The predicted octanol–water partition coefficient (Wildman–Crippen LogP) is 2.12. The van der Waals surface area contributed by atoms with E-state index in [9.17, 15) is 18.8 Å². The number of carbonyl (C=O) groups excluding carboxylic acids is 1. The summed E-state index contributed by atoms with van der Waals surface area (Å²) in [6.07, 6.45) is 0. The van der Waals surface area contributed by atoms with Crippen LogP contribution < -0.4 is 16.6 Å². The van der Waals surface area contributed by atoms with Crippen molar-refractivity contribution >= 4 is 16.8 Å². The van der Waals surface area contributed by atoms with Gasteiger partial charge in [-0.05, 0) is 57.2 Å². The lowest BCUT2D eigenvalue weighted by Gasteiger charge is -2.15. The first-order valence-corrected chi connectivity index (χ1v) is 8.59. The highest BCUT2D eigenvalue weighted by molar-refractivity contribution is 5.82. The lowest BCUT2D eigenvalue weighted by molar-refractivity contribution is -0.122. The van der Waals surface area contributed by atoms with E-state index in [1.165, 1.54) is 28.8 Å². The van der Waals surface area contributed by atoms with E-state index < -0.39 is 17.1 Å². The lowest BCUT2D eigenvalue weighted by atomic mass is 10.1. The molecule has 3 rings (SSSR count). The highest BCUT2D eigenvalue weighted by atomic mass is 19.1. The van der Waals surface area contributed by atoms with Crippen molar-refractivity contribution in [2.24, 2.45) is 0 Å². The highest BCUT2D eigenvalue weighted by Crippen LogP contribution is 2.13. The number of hydrogen-bond donors (Lipinski definition) is 1. The van der Waals surface area contributed by atoms with Crippen LogP contribution >= 0.6 is 0 Å². The minimum absolute atomic E-state index is 0.0790. The van der Waals surface area contributed by atoms with Gasteiger partial charge in [0.2, 0.25) is 5.91 Å². The van der Waals surface area contributed by atoms with Crippen molar-refractivity contribution in [3.63, 3.8) is 0 Å². The number of nitrogens with zero attached hydrogens (tertiary/aromatic N) is 2. The molecule has 1 aromatic heterocycles. The third-order valence-electron chi connectivity index (χ3n) is 4.13.